The number of furan rings is 1. The van der Waals surface area contributed by atoms with Crippen LogP contribution in [0.1, 0.15) is 10.6 Å². The lowest BCUT2D eigenvalue weighted by atomic mass is 10.2. The minimum atomic E-state index is -3.34. The first-order valence-corrected chi connectivity index (χ1v) is 7.55. The van der Waals surface area contributed by atoms with Crippen LogP contribution in [0.4, 0.5) is 5.69 Å². The molecule has 2 aromatic rings. The fourth-order valence-corrected chi connectivity index (χ4v) is 2.24. The van der Waals surface area contributed by atoms with Gasteiger partial charge in [0.2, 0.25) is 10.0 Å². The maximum absolute atomic E-state index is 11.8. The molecule has 0 atom stereocenters. The highest BCUT2D eigenvalue weighted by molar-refractivity contribution is 7.89. The van der Waals surface area contributed by atoms with Gasteiger partial charge in [-0.1, -0.05) is 0 Å². The Labute approximate surface area is 116 Å². The second-order valence-corrected chi connectivity index (χ2v) is 6.23. The van der Waals surface area contributed by atoms with Crippen LogP contribution in [-0.4, -0.2) is 33.7 Å². The van der Waals surface area contributed by atoms with E-state index in [2.05, 4.69) is 10.0 Å². The minimum absolute atomic E-state index is 0.00118. The van der Waals surface area contributed by atoms with Gasteiger partial charge < -0.3 is 15.5 Å². The number of amides is 1. The fourth-order valence-electron chi connectivity index (χ4n) is 1.66. The van der Waals surface area contributed by atoms with E-state index in [0.29, 0.717) is 11.3 Å². The summed E-state index contributed by atoms with van der Waals surface area (Å²) in [5, 5.41) is 3.20. The standard InChI is InChI=1S/C12H15N3O4S/c1-14-20(17,18)5-4-15-12(16)11-7-8-6-9(13)2-3-10(8)19-11/h2-3,6-7,14H,4-5,13H2,1H3,(H,15,16). The van der Waals surface area contributed by atoms with Crippen molar-refractivity contribution in [3.63, 3.8) is 0 Å². The molecular weight excluding hydrogens is 282 g/mol. The maximum Gasteiger partial charge on any atom is 0.287 e. The first-order valence-electron chi connectivity index (χ1n) is 5.90. The largest absolute Gasteiger partial charge is 0.451 e. The monoisotopic (exact) mass is 297 g/mol. The van der Waals surface area contributed by atoms with Crippen LogP contribution in [-0.2, 0) is 10.0 Å². The normalized spacial score (nSPS) is 11.7. The summed E-state index contributed by atoms with van der Waals surface area (Å²) in [5.74, 6) is -0.541. The number of carbonyl (C=O) groups excluding carboxylic acids is 1. The van der Waals surface area contributed by atoms with E-state index < -0.39 is 15.9 Å². The summed E-state index contributed by atoms with van der Waals surface area (Å²) in [6.45, 7) is 0.00118. The summed E-state index contributed by atoms with van der Waals surface area (Å²) in [4.78, 5) is 11.8. The van der Waals surface area contributed by atoms with E-state index >= 15 is 0 Å². The summed E-state index contributed by atoms with van der Waals surface area (Å²) in [6, 6.07) is 6.61. The van der Waals surface area contributed by atoms with E-state index in [-0.39, 0.29) is 18.1 Å². The van der Waals surface area contributed by atoms with Gasteiger partial charge in [0.05, 0.1) is 5.75 Å². The fraction of sp³-hybridized carbons (Fsp3) is 0.250. The number of rotatable bonds is 5. The van der Waals surface area contributed by atoms with Gasteiger partial charge in [-0.15, -0.1) is 0 Å². The zero-order chi connectivity index (χ0) is 14.8. The van der Waals surface area contributed by atoms with Gasteiger partial charge in [0.25, 0.3) is 5.91 Å². The zero-order valence-electron chi connectivity index (χ0n) is 10.8. The predicted molar refractivity (Wildman–Crippen MR) is 75.8 cm³/mol. The van der Waals surface area contributed by atoms with E-state index in [1.165, 1.54) is 7.05 Å². The molecule has 2 rings (SSSR count). The van der Waals surface area contributed by atoms with Crippen LogP contribution >= 0.6 is 0 Å². The number of anilines is 1. The molecule has 1 aromatic carbocycles. The topological polar surface area (TPSA) is 114 Å². The van der Waals surface area contributed by atoms with Gasteiger partial charge in [-0.25, -0.2) is 13.1 Å². The third kappa shape index (κ3) is 3.28. The number of nitrogen functional groups attached to an aromatic ring is 1. The molecule has 0 bridgehead atoms. The van der Waals surface area contributed by atoms with E-state index in [9.17, 15) is 13.2 Å². The molecule has 0 unspecified atom stereocenters. The SMILES string of the molecule is CNS(=O)(=O)CCNC(=O)c1cc2cc(N)ccc2o1. The molecule has 0 saturated carbocycles. The zero-order valence-corrected chi connectivity index (χ0v) is 11.7. The van der Waals surface area contributed by atoms with E-state index in [1.54, 1.807) is 24.3 Å². The first-order chi connectivity index (χ1) is 9.41. The molecular formula is C12H15N3O4S. The van der Waals surface area contributed by atoms with E-state index in [0.717, 1.165) is 5.39 Å². The highest BCUT2D eigenvalue weighted by Gasteiger charge is 2.13. The van der Waals surface area contributed by atoms with Crippen LogP contribution in [0.25, 0.3) is 11.0 Å². The number of hydrogen-bond acceptors (Lipinski definition) is 5. The molecule has 8 heteroatoms. The van der Waals surface area contributed by atoms with E-state index in [4.69, 9.17) is 10.2 Å². The van der Waals surface area contributed by atoms with Crippen molar-refractivity contribution in [2.24, 2.45) is 0 Å². The number of nitrogens with two attached hydrogens (primary N) is 1. The molecule has 7 nitrogen and oxygen atoms in total. The average molecular weight is 297 g/mol. The van der Waals surface area contributed by atoms with Crippen molar-refractivity contribution in [3.05, 3.63) is 30.0 Å². The Morgan fingerprint density at radius 3 is 2.80 bits per heavy atom. The van der Waals surface area contributed by atoms with Gasteiger partial charge in [-0.3, -0.25) is 4.79 Å². The summed E-state index contributed by atoms with van der Waals surface area (Å²) in [7, 11) is -2.02. The summed E-state index contributed by atoms with van der Waals surface area (Å²) in [5.41, 5.74) is 6.76. The smallest absolute Gasteiger partial charge is 0.287 e. The molecule has 20 heavy (non-hydrogen) atoms. The lowest BCUT2D eigenvalue weighted by molar-refractivity contribution is 0.0930. The summed E-state index contributed by atoms with van der Waals surface area (Å²) < 4.78 is 29.9. The van der Waals surface area contributed by atoms with Crippen LogP contribution in [0.5, 0.6) is 0 Å². The van der Waals surface area contributed by atoms with E-state index in [1.807, 2.05) is 0 Å². The lowest BCUT2D eigenvalue weighted by Gasteiger charge is -2.03. The molecule has 1 heterocycles. The molecule has 1 amide bonds. The Bertz CT molecular complexity index is 736. The number of fused-ring (bicyclic) bond motifs is 1. The van der Waals surface area contributed by atoms with Gasteiger partial charge in [0, 0.05) is 17.6 Å². The van der Waals surface area contributed by atoms with Gasteiger partial charge in [0.15, 0.2) is 5.76 Å². The molecule has 0 aliphatic rings. The molecule has 0 saturated heterocycles. The molecule has 1 aromatic heterocycles. The number of nitrogens with one attached hydrogen (secondary N) is 2. The first kappa shape index (κ1) is 14.4. The number of benzene rings is 1. The van der Waals surface area contributed by atoms with Crippen molar-refractivity contribution in [1.29, 1.82) is 0 Å². The third-order valence-electron chi connectivity index (χ3n) is 2.73. The van der Waals surface area contributed by atoms with Crippen LogP contribution in [0.2, 0.25) is 0 Å². The third-order valence-corrected chi connectivity index (χ3v) is 4.10. The Kier molecular flexibility index (Phi) is 3.96. The van der Waals surface area contributed by atoms with Gasteiger partial charge in [-0.2, -0.15) is 0 Å². The molecule has 0 radical (unpaired) electrons. The summed E-state index contributed by atoms with van der Waals surface area (Å²) >= 11 is 0. The predicted octanol–water partition coefficient (Wildman–Crippen LogP) is 0.294. The van der Waals surface area contributed by atoms with Crippen molar-refractivity contribution in [2.75, 3.05) is 25.1 Å². The lowest BCUT2D eigenvalue weighted by Crippen LogP contribution is -2.32. The quantitative estimate of drug-likeness (QED) is 0.686. The van der Waals surface area contributed by atoms with Crippen LogP contribution < -0.4 is 15.8 Å². The molecule has 108 valence electrons. The second kappa shape index (κ2) is 5.51. The maximum atomic E-state index is 11.8. The van der Waals surface area contributed by atoms with Crippen LogP contribution in [0.3, 0.4) is 0 Å². The Morgan fingerprint density at radius 2 is 2.10 bits per heavy atom. The van der Waals surface area contributed by atoms with Crippen LogP contribution in [0.15, 0.2) is 28.7 Å². The Balaban J connectivity index is 2.04. The minimum Gasteiger partial charge on any atom is -0.451 e. The molecule has 4 N–H and O–H groups in total. The van der Waals surface area contributed by atoms with Gasteiger partial charge in [0.1, 0.15) is 5.58 Å². The Morgan fingerprint density at radius 1 is 1.35 bits per heavy atom. The Hall–Kier alpha value is -2.06. The average Bonchev–Trinajstić information content (AvgIpc) is 2.81. The van der Waals surface area contributed by atoms with Crippen molar-refractivity contribution in [2.45, 2.75) is 0 Å². The molecule has 0 aliphatic carbocycles. The number of carbonyl (C=O) groups is 1. The number of hydrogen-bond donors (Lipinski definition) is 3. The van der Waals surface area contributed by atoms with Crippen molar-refractivity contribution >= 4 is 32.6 Å². The molecule has 0 aliphatic heterocycles. The van der Waals surface area contributed by atoms with Crippen LogP contribution in [0, 0.1) is 0 Å². The van der Waals surface area contributed by atoms with Crippen molar-refractivity contribution < 1.29 is 17.6 Å². The molecule has 0 spiro atoms. The highest BCUT2D eigenvalue weighted by atomic mass is 32.2. The van der Waals surface area contributed by atoms with Crippen molar-refractivity contribution in [3.8, 4) is 0 Å². The summed E-state index contributed by atoms with van der Waals surface area (Å²) in [6.07, 6.45) is 0. The number of sulfonamides is 1. The highest BCUT2D eigenvalue weighted by Crippen LogP contribution is 2.21. The second-order valence-electron chi connectivity index (χ2n) is 4.19. The van der Waals surface area contributed by atoms with Gasteiger partial charge >= 0.3 is 0 Å². The van der Waals surface area contributed by atoms with Gasteiger partial charge in [-0.05, 0) is 31.3 Å². The molecule has 0 fully saturated rings. The van der Waals surface area contributed by atoms with Crippen molar-refractivity contribution in [1.82, 2.24) is 10.0 Å².